The van der Waals surface area contributed by atoms with Crippen LogP contribution < -0.4 is 0 Å². The Hall–Kier alpha value is -2.38. The van der Waals surface area contributed by atoms with E-state index in [-0.39, 0.29) is 29.7 Å². The van der Waals surface area contributed by atoms with Crippen LogP contribution in [0.1, 0.15) is 43.9 Å². The molecule has 0 unspecified atom stereocenters. The number of imide groups is 1. The Kier molecular flexibility index (Phi) is 3.71. The molecule has 2 amide bonds. The van der Waals surface area contributed by atoms with Gasteiger partial charge in [-0.15, -0.1) is 0 Å². The van der Waals surface area contributed by atoms with Gasteiger partial charge in [-0.1, -0.05) is 0 Å². The number of benzene rings is 1. The molecule has 0 saturated heterocycles. The predicted octanol–water partition coefficient (Wildman–Crippen LogP) is 2.32. The molecule has 0 atom stereocenters. The zero-order valence-corrected chi connectivity index (χ0v) is 10.6. The summed E-state index contributed by atoms with van der Waals surface area (Å²) in [7, 11) is 0. The van der Waals surface area contributed by atoms with Gasteiger partial charge in [-0.3, -0.25) is 14.5 Å². The van der Waals surface area contributed by atoms with E-state index in [0.717, 1.165) is 6.07 Å². The number of aromatic carboxylic acids is 1. The fourth-order valence-electron chi connectivity index (χ4n) is 2.06. The SMILES string of the molecule is O=C(O)c1ccc2c(c1)C(=O)N(CCCC(F)(F)F)C2=O. The molecule has 1 heterocycles. The second-order valence-corrected chi connectivity index (χ2v) is 4.55. The van der Waals surface area contributed by atoms with E-state index in [1.165, 1.54) is 12.1 Å². The highest BCUT2D eigenvalue weighted by molar-refractivity contribution is 6.21. The summed E-state index contributed by atoms with van der Waals surface area (Å²) >= 11 is 0. The second-order valence-electron chi connectivity index (χ2n) is 4.55. The van der Waals surface area contributed by atoms with Crippen LogP contribution in [0.5, 0.6) is 0 Å². The summed E-state index contributed by atoms with van der Waals surface area (Å²) in [4.78, 5) is 35.4. The van der Waals surface area contributed by atoms with Crippen LogP contribution in [0, 0.1) is 0 Å². The van der Waals surface area contributed by atoms with Gasteiger partial charge in [0.05, 0.1) is 16.7 Å². The Morgan fingerprint density at radius 2 is 1.76 bits per heavy atom. The Morgan fingerprint density at radius 1 is 1.14 bits per heavy atom. The van der Waals surface area contributed by atoms with Gasteiger partial charge < -0.3 is 5.11 Å². The van der Waals surface area contributed by atoms with Crippen molar-refractivity contribution in [2.45, 2.75) is 19.0 Å². The number of fused-ring (bicyclic) bond motifs is 1. The van der Waals surface area contributed by atoms with Crippen LogP contribution in [-0.2, 0) is 0 Å². The maximum atomic E-state index is 12.1. The summed E-state index contributed by atoms with van der Waals surface area (Å²) in [5.74, 6) is -2.72. The molecule has 21 heavy (non-hydrogen) atoms. The first-order chi connectivity index (χ1) is 9.70. The maximum absolute atomic E-state index is 12.1. The van der Waals surface area contributed by atoms with Crippen LogP contribution in [-0.4, -0.2) is 40.5 Å². The highest BCUT2D eigenvalue weighted by atomic mass is 19.4. The molecular formula is C13H10F3NO4. The van der Waals surface area contributed by atoms with Crippen molar-refractivity contribution >= 4 is 17.8 Å². The molecule has 0 saturated carbocycles. The van der Waals surface area contributed by atoms with Crippen molar-refractivity contribution in [2.24, 2.45) is 0 Å². The van der Waals surface area contributed by atoms with E-state index in [1.54, 1.807) is 0 Å². The average molecular weight is 301 g/mol. The lowest BCUT2D eigenvalue weighted by atomic mass is 10.1. The molecule has 0 aliphatic carbocycles. The van der Waals surface area contributed by atoms with Crippen molar-refractivity contribution in [2.75, 3.05) is 6.54 Å². The minimum absolute atomic E-state index is 0.0111. The molecule has 1 aromatic rings. The van der Waals surface area contributed by atoms with E-state index in [4.69, 9.17) is 5.11 Å². The summed E-state index contributed by atoms with van der Waals surface area (Å²) in [5, 5.41) is 8.83. The number of halogens is 3. The van der Waals surface area contributed by atoms with Gasteiger partial charge in [0.1, 0.15) is 0 Å². The lowest BCUT2D eigenvalue weighted by Gasteiger charge is -2.14. The number of hydrogen-bond donors (Lipinski definition) is 1. The van der Waals surface area contributed by atoms with Gasteiger partial charge in [-0.2, -0.15) is 13.2 Å². The van der Waals surface area contributed by atoms with Crippen LogP contribution in [0.25, 0.3) is 0 Å². The largest absolute Gasteiger partial charge is 0.478 e. The summed E-state index contributed by atoms with van der Waals surface area (Å²) in [5.41, 5.74) is -0.240. The lowest BCUT2D eigenvalue weighted by Crippen LogP contribution is -2.31. The van der Waals surface area contributed by atoms with Crippen molar-refractivity contribution in [3.05, 3.63) is 34.9 Å². The summed E-state index contributed by atoms with van der Waals surface area (Å²) in [6.07, 6.45) is -5.84. The molecule has 1 aliphatic rings. The van der Waals surface area contributed by atoms with Gasteiger partial charge in [0, 0.05) is 13.0 Å². The number of nitrogens with zero attached hydrogens (tertiary/aromatic N) is 1. The normalized spacial score (nSPS) is 14.5. The fraction of sp³-hybridized carbons (Fsp3) is 0.308. The Labute approximate surface area is 117 Å². The van der Waals surface area contributed by atoms with Crippen LogP contribution in [0.2, 0.25) is 0 Å². The lowest BCUT2D eigenvalue weighted by molar-refractivity contribution is -0.135. The highest BCUT2D eigenvalue weighted by Crippen LogP contribution is 2.26. The topological polar surface area (TPSA) is 74.7 Å². The molecule has 5 nitrogen and oxygen atoms in total. The minimum Gasteiger partial charge on any atom is -0.478 e. The number of carboxylic acids is 1. The van der Waals surface area contributed by atoms with Crippen molar-refractivity contribution in [3.8, 4) is 0 Å². The smallest absolute Gasteiger partial charge is 0.389 e. The molecule has 0 bridgehead atoms. The third kappa shape index (κ3) is 3.04. The first-order valence-corrected chi connectivity index (χ1v) is 6.01. The number of carboxylic acid groups (broad SMARTS) is 1. The van der Waals surface area contributed by atoms with E-state index in [9.17, 15) is 27.6 Å². The summed E-state index contributed by atoms with van der Waals surface area (Å²) in [6.45, 7) is -0.353. The summed E-state index contributed by atoms with van der Waals surface area (Å²) < 4.78 is 36.2. The van der Waals surface area contributed by atoms with Crippen molar-refractivity contribution < 1.29 is 32.7 Å². The molecule has 1 aromatic carbocycles. The number of carbonyl (C=O) groups excluding carboxylic acids is 2. The van der Waals surface area contributed by atoms with Crippen LogP contribution >= 0.6 is 0 Å². The van der Waals surface area contributed by atoms with Gasteiger partial charge in [0.15, 0.2) is 0 Å². The molecule has 0 aromatic heterocycles. The highest BCUT2D eigenvalue weighted by Gasteiger charge is 2.36. The van der Waals surface area contributed by atoms with E-state index >= 15 is 0 Å². The van der Waals surface area contributed by atoms with Crippen LogP contribution in [0.15, 0.2) is 18.2 Å². The summed E-state index contributed by atoms with van der Waals surface area (Å²) in [6, 6.07) is 3.43. The third-order valence-electron chi connectivity index (χ3n) is 3.06. The van der Waals surface area contributed by atoms with E-state index in [2.05, 4.69) is 0 Å². The molecule has 0 fully saturated rings. The third-order valence-corrected chi connectivity index (χ3v) is 3.06. The number of alkyl halides is 3. The molecule has 1 aliphatic heterocycles. The molecule has 8 heteroatoms. The zero-order chi connectivity index (χ0) is 15.8. The number of hydrogen-bond acceptors (Lipinski definition) is 3. The predicted molar refractivity (Wildman–Crippen MR) is 64.1 cm³/mol. The van der Waals surface area contributed by atoms with Crippen LogP contribution in [0.3, 0.4) is 0 Å². The van der Waals surface area contributed by atoms with Crippen molar-refractivity contribution in [1.29, 1.82) is 0 Å². The van der Waals surface area contributed by atoms with E-state index < -0.39 is 30.4 Å². The minimum atomic E-state index is -4.35. The second kappa shape index (κ2) is 5.19. The number of rotatable bonds is 4. The van der Waals surface area contributed by atoms with Gasteiger partial charge in [0.2, 0.25) is 0 Å². The van der Waals surface area contributed by atoms with Gasteiger partial charge >= 0.3 is 12.1 Å². The Morgan fingerprint density at radius 3 is 2.33 bits per heavy atom. The number of amides is 2. The maximum Gasteiger partial charge on any atom is 0.389 e. The van der Waals surface area contributed by atoms with Gasteiger partial charge in [-0.25, -0.2) is 4.79 Å². The average Bonchev–Trinajstić information content (AvgIpc) is 2.62. The van der Waals surface area contributed by atoms with E-state index in [0.29, 0.717) is 4.90 Å². The monoisotopic (exact) mass is 301 g/mol. The number of carbonyl (C=O) groups is 3. The Balaban J connectivity index is 2.16. The first-order valence-electron chi connectivity index (χ1n) is 6.01. The first kappa shape index (κ1) is 15.0. The standard InChI is InChI=1S/C13H10F3NO4/c14-13(15,16)4-1-5-17-10(18)8-3-2-7(12(20)21)6-9(8)11(17)19/h2-3,6H,1,4-5H2,(H,20,21). The molecule has 1 N–H and O–H groups in total. The quantitative estimate of drug-likeness (QED) is 0.866. The van der Waals surface area contributed by atoms with Gasteiger partial charge in [0.25, 0.3) is 11.8 Å². The molecule has 2 rings (SSSR count). The molecule has 112 valence electrons. The molecular weight excluding hydrogens is 291 g/mol. The molecule has 0 radical (unpaired) electrons. The fourth-order valence-corrected chi connectivity index (χ4v) is 2.06. The van der Waals surface area contributed by atoms with Gasteiger partial charge in [-0.05, 0) is 24.6 Å². The van der Waals surface area contributed by atoms with Crippen molar-refractivity contribution in [3.63, 3.8) is 0 Å². The Bertz CT molecular complexity index is 624. The molecule has 0 spiro atoms. The van der Waals surface area contributed by atoms with Crippen molar-refractivity contribution in [1.82, 2.24) is 4.90 Å². The van der Waals surface area contributed by atoms with Crippen LogP contribution in [0.4, 0.5) is 13.2 Å². The zero-order valence-electron chi connectivity index (χ0n) is 10.6. The van der Waals surface area contributed by atoms with E-state index in [1.807, 2.05) is 0 Å².